The quantitative estimate of drug-likeness (QED) is 0.307. The first-order chi connectivity index (χ1) is 8.15. The smallest absolute Gasteiger partial charge is 0.233 e. The van der Waals surface area contributed by atoms with Crippen LogP contribution in [0.2, 0.25) is 0 Å². The molecule has 0 spiro atoms. The molecule has 1 aliphatic rings. The Bertz CT molecular complexity index is 287. The fourth-order valence-corrected chi connectivity index (χ4v) is 1.97. The molecule has 0 aliphatic heterocycles. The van der Waals surface area contributed by atoms with Crippen LogP contribution in [-0.4, -0.2) is 34.4 Å². The third kappa shape index (κ3) is 3.61. The zero-order valence-electron chi connectivity index (χ0n) is 10.7. The maximum absolute atomic E-state index is 12.3. The molecule has 17 heavy (non-hydrogen) atoms. The lowest BCUT2D eigenvalue weighted by atomic mass is 10.0. The highest BCUT2D eigenvalue weighted by Gasteiger charge is 2.36. The second-order valence-electron chi connectivity index (χ2n) is 4.60. The minimum absolute atomic E-state index is 0.0127. The van der Waals surface area contributed by atoms with Gasteiger partial charge in [0.15, 0.2) is 5.84 Å². The van der Waals surface area contributed by atoms with Crippen molar-refractivity contribution >= 4 is 11.7 Å². The molecular weight excluding hydrogens is 218 g/mol. The van der Waals surface area contributed by atoms with Crippen LogP contribution in [0.25, 0.3) is 0 Å². The lowest BCUT2D eigenvalue weighted by Gasteiger charge is -2.26. The summed E-state index contributed by atoms with van der Waals surface area (Å²) < 4.78 is 0. The molecular formula is C12H23N3O2. The molecule has 0 aromatic carbocycles. The number of hydrogen-bond donors (Lipinski definition) is 2. The molecule has 0 radical (unpaired) electrons. The van der Waals surface area contributed by atoms with Gasteiger partial charge in [-0.25, -0.2) is 0 Å². The number of amidine groups is 1. The van der Waals surface area contributed by atoms with Crippen LogP contribution in [0.5, 0.6) is 0 Å². The van der Waals surface area contributed by atoms with Gasteiger partial charge in [0.05, 0.1) is 5.92 Å². The van der Waals surface area contributed by atoms with Crippen LogP contribution in [0.1, 0.15) is 46.0 Å². The number of nitrogens with two attached hydrogens (primary N) is 1. The number of hydrogen-bond acceptors (Lipinski definition) is 3. The van der Waals surface area contributed by atoms with Crippen molar-refractivity contribution in [2.45, 2.75) is 52.0 Å². The van der Waals surface area contributed by atoms with E-state index < -0.39 is 5.92 Å². The van der Waals surface area contributed by atoms with Gasteiger partial charge in [0.2, 0.25) is 5.91 Å². The summed E-state index contributed by atoms with van der Waals surface area (Å²) in [7, 11) is 0. The Morgan fingerprint density at radius 3 is 2.59 bits per heavy atom. The van der Waals surface area contributed by atoms with Gasteiger partial charge < -0.3 is 15.8 Å². The van der Waals surface area contributed by atoms with E-state index in [0.29, 0.717) is 12.5 Å². The maximum atomic E-state index is 12.3. The minimum Gasteiger partial charge on any atom is -0.409 e. The molecule has 3 N–H and O–H groups in total. The van der Waals surface area contributed by atoms with Crippen LogP contribution < -0.4 is 5.73 Å². The summed E-state index contributed by atoms with van der Waals surface area (Å²) in [5.41, 5.74) is 5.57. The average molecular weight is 241 g/mol. The Morgan fingerprint density at radius 2 is 2.18 bits per heavy atom. The van der Waals surface area contributed by atoms with Crippen molar-refractivity contribution in [1.82, 2.24) is 4.90 Å². The van der Waals surface area contributed by atoms with Gasteiger partial charge in [-0.05, 0) is 25.7 Å². The predicted molar refractivity (Wildman–Crippen MR) is 66.8 cm³/mol. The summed E-state index contributed by atoms with van der Waals surface area (Å²) in [5, 5.41) is 11.7. The van der Waals surface area contributed by atoms with E-state index in [4.69, 9.17) is 10.9 Å². The summed E-state index contributed by atoms with van der Waals surface area (Å²) in [6, 6.07) is 0.384. The fourth-order valence-electron chi connectivity index (χ4n) is 1.97. The second kappa shape index (κ2) is 6.47. The van der Waals surface area contributed by atoms with Crippen LogP contribution in [0.4, 0.5) is 0 Å². The van der Waals surface area contributed by atoms with Crippen molar-refractivity contribution in [2.24, 2.45) is 16.8 Å². The van der Waals surface area contributed by atoms with Gasteiger partial charge in [-0.3, -0.25) is 4.79 Å². The molecule has 5 heteroatoms. The van der Waals surface area contributed by atoms with E-state index in [2.05, 4.69) is 12.1 Å². The number of carbonyl (C=O) groups is 1. The van der Waals surface area contributed by atoms with E-state index in [9.17, 15) is 4.79 Å². The molecule has 0 aromatic heterocycles. The molecule has 1 amide bonds. The molecule has 98 valence electrons. The number of amides is 1. The first-order valence-electron chi connectivity index (χ1n) is 6.43. The van der Waals surface area contributed by atoms with E-state index >= 15 is 0 Å². The average Bonchev–Trinajstić information content (AvgIpc) is 3.14. The third-order valence-electron chi connectivity index (χ3n) is 3.20. The lowest BCUT2D eigenvalue weighted by molar-refractivity contribution is -0.134. The van der Waals surface area contributed by atoms with Gasteiger partial charge in [-0.1, -0.05) is 25.4 Å². The Hall–Kier alpha value is -1.26. The first kappa shape index (κ1) is 13.8. The third-order valence-corrected chi connectivity index (χ3v) is 3.20. The zero-order chi connectivity index (χ0) is 12.8. The van der Waals surface area contributed by atoms with Crippen LogP contribution >= 0.6 is 0 Å². The standard InChI is InChI=1S/C12H23N3O2/c1-3-5-8-15(9-6-7-9)12(16)10(4-2)11(13)14-17/h9-10,17H,3-8H2,1-2H3,(H2,13,14). The Morgan fingerprint density at radius 1 is 1.53 bits per heavy atom. The van der Waals surface area contributed by atoms with Crippen molar-refractivity contribution < 1.29 is 10.0 Å². The lowest BCUT2D eigenvalue weighted by Crippen LogP contribution is -2.43. The molecule has 1 rings (SSSR count). The van der Waals surface area contributed by atoms with Crippen molar-refractivity contribution in [3.63, 3.8) is 0 Å². The number of oxime groups is 1. The van der Waals surface area contributed by atoms with Crippen LogP contribution in [0, 0.1) is 5.92 Å². The summed E-state index contributed by atoms with van der Waals surface area (Å²) in [4.78, 5) is 14.2. The molecule has 1 unspecified atom stereocenters. The van der Waals surface area contributed by atoms with Gasteiger partial charge in [-0.2, -0.15) is 0 Å². The van der Waals surface area contributed by atoms with E-state index in [-0.39, 0.29) is 11.7 Å². The van der Waals surface area contributed by atoms with E-state index in [1.165, 1.54) is 0 Å². The summed E-state index contributed by atoms with van der Waals surface area (Å²) >= 11 is 0. The molecule has 1 aliphatic carbocycles. The van der Waals surface area contributed by atoms with Crippen molar-refractivity contribution in [1.29, 1.82) is 0 Å². The molecule has 5 nitrogen and oxygen atoms in total. The van der Waals surface area contributed by atoms with Crippen molar-refractivity contribution in [2.75, 3.05) is 6.54 Å². The monoisotopic (exact) mass is 241 g/mol. The number of carbonyl (C=O) groups excluding carboxylic acids is 1. The molecule has 1 saturated carbocycles. The maximum Gasteiger partial charge on any atom is 0.233 e. The fraction of sp³-hybridized carbons (Fsp3) is 0.833. The van der Waals surface area contributed by atoms with Crippen molar-refractivity contribution in [3.05, 3.63) is 0 Å². The normalized spacial score (nSPS) is 17.9. The van der Waals surface area contributed by atoms with Gasteiger partial charge in [0, 0.05) is 12.6 Å². The molecule has 0 aromatic rings. The number of unbranched alkanes of at least 4 members (excludes halogenated alkanes) is 1. The summed E-state index contributed by atoms with van der Waals surface area (Å²) in [5.74, 6) is -0.434. The molecule has 1 fully saturated rings. The van der Waals surface area contributed by atoms with Gasteiger partial charge in [0.1, 0.15) is 0 Å². The second-order valence-corrected chi connectivity index (χ2v) is 4.60. The zero-order valence-corrected chi connectivity index (χ0v) is 10.7. The molecule has 0 bridgehead atoms. The largest absolute Gasteiger partial charge is 0.409 e. The molecule has 1 atom stereocenters. The number of nitrogens with zero attached hydrogens (tertiary/aromatic N) is 2. The Kier molecular flexibility index (Phi) is 5.25. The Labute approximate surface area is 103 Å². The van der Waals surface area contributed by atoms with Gasteiger partial charge in [0.25, 0.3) is 0 Å². The summed E-state index contributed by atoms with van der Waals surface area (Å²) in [6.07, 6.45) is 4.82. The van der Waals surface area contributed by atoms with Gasteiger partial charge >= 0.3 is 0 Å². The highest BCUT2D eigenvalue weighted by atomic mass is 16.4. The SMILES string of the molecule is CCCCN(C(=O)C(CC)/C(N)=N/O)C1CC1. The van der Waals surface area contributed by atoms with E-state index in [0.717, 1.165) is 32.2 Å². The highest BCUT2D eigenvalue weighted by Crippen LogP contribution is 2.29. The van der Waals surface area contributed by atoms with E-state index in [1.807, 2.05) is 11.8 Å². The predicted octanol–water partition coefficient (Wildman–Crippen LogP) is 1.55. The minimum atomic E-state index is -0.475. The summed E-state index contributed by atoms with van der Waals surface area (Å²) in [6.45, 7) is 4.77. The highest BCUT2D eigenvalue weighted by molar-refractivity contribution is 6.02. The molecule has 0 saturated heterocycles. The topological polar surface area (TPSA) is 78.9 Å². The van der Waals surface area contributed by atoms with Gasteiger partial charge in [-0.15, -0.1) is 0 Å². The van der Waals surface area contributed by atoms with Crippen LogP contribution in [0.15, 0.2) is 5.16 Å². The first-order valence-corrected chi connectivity index (χ1v) is 6.43. The van der Waals surface area contributed by atoms with E-state index in [1.54, 1.807) is 0 Å². The Balaban J connectivity index is 2.68. The molecule has 0 heterocycles. The van der Waals surface area contributed by atoms with Crippen molar-refractivity contribution in [3.8, 4) is 0 Å². The van der Waals surface area contributed by atoms with Crippen LogP contribution in [0.3, 0.4) is 0 Å². The number of rotatable bonds is 7. The van der Waals surface area contributed by atoms with Crippen LogP contribution in [-0.2, 0) is 4.79 Å².